The molecule has 1 fully saturated rings. The van der Waals surface area contributed by atoms with E-state index in [0.29, 0.717) is 5.56 Å². The Kier molecular flexibility index (Phi) is 5.28. The lowest BCUT2D eigenvalue weighted by Crippen LogP contribution is -2.27. The van der Waals surface area contributed by atoms with Crippen molar-refractivity contribution >= 4 is 0 Å². The van der Waals surface area contributed by atoms with Crippen LogP contribution in [0.2, 0.25) is 0 Å². The van der Waals surface area contributed by atoms with Crippen molar-refractivity contribution in [2.45, 2.75) is 44.8 Å². The Bertz CT molecular complexity index is 405. The number of benzene rings is 1. The molecule has 0 amide bonds. The average molecular weight is 269 g/mol. The first-order chi connectivity index (χ1) is 9.20. The highest BCUT2D eigenvalue weighted by Gasteiger charge is 2.23. The van der Waals surface area contributed by atoms with E-state index in [9.17, 15) is 8.78 Å². The van der Waals surface area contributed by atoms with Gasteiger partial charge in [0.05, 0.1) is 6.10 Å². The van der Waals surface area contributed by atoms with Crippen molar-refractivity contribution in [3.8, 4) is 0 Å². The molecule has 0 saturated carbocycles. The predicted octanol–water partition coefficient (Wildman–Crippen LogP) is 3.57. The molecule has 4 heteroatoms. The summed E-state index contributed by atoms with van der Waals surface area (Å²) in [6.07, 6.45) is 3.98. The Hall–Kier alpha value is -1.00. The molecular formula is C15H21F2NO. The van der Waals surface area contributed by atoms with Crippen LogP contribution >= 0.6 is 0 Å². The zero-order valence-corrected chi connectivity index (χ0v) is 11.3. The molecule has 1 aromatic carbocycles. The van der Waals surface area contributed by atoms with Gasteiger partial charge in [-0.1, -0.05) is 13.0 Å². The van der Waals surface area contributed by atoms with Gasteiger partial charge in [0.2, 0.25) is 0 Å². The maximum atomic E-state index is 13.9. The first-order valence-electron chi connectivity index (χ1n) is 7.00. The highest BCUT2D eigenvalue weighted by molar-refractivity contribution is 5.22. The molecule has 0 spiro atoms. The summed E-state index contributed by atoms with van der Waals surface area (Å²) in [7, 11) is 0. The number of ether oxygens (including phenoxy) is 1. The summed E-state index contributed by atoms with van der Waals surface area (Å²) < 4.78 is 32.5. The van der Waals surface area contributed by atoms with Gasteiger partial charge >= 0.3 is 0 Å². The molecule has 1 heterocycles. The van der Waals surface area contributed by atoms with Gasteiger partial charge < -0.3 is 10.1 Å². The fourth-order valence-corrected chi connectivity index (χ4v) is 2.52. The van der Waals surface area contributed by atoms with Crippen molar-refractivity contribution in [1.29, 1.82) is 0 Å². The van der Waals surface area contributed by atoms with Crippen LogP contribution in [0.15, 0.2) is 18.2 Å². The normalized spacial score (nSPS) is 20.7. The minimum atomic E-state index is -0.535. The van der Waals surface area contributed by atoms with Gasteiger partial charge in [-0.05, 0) is 38.3 Å². The second kappa shape index (κ2) is 6.96. The topological polar surface area (TPSA) is 21.3 Å². The second-order valence-corrected chi connectivity index (χ2v) is 5.04. The van der Waals surface area contributed by atoms with Crippen molar-refractivity contribution < 1.29 is 13.5 Å². The molecule has 1 N–H and O–H groups in total. The van der Waals surface area contributed by atoms with Crippen LogP contribution in [0.1, 0.15) is 44.2 Å². The highest BCUT2D eigenvalue weighted by atomic mass is 19.1. The van der Waals surface area contributed by atoms with Crippen LogP contribution in [-0.2, 0) is 4.74 Å². The molecule has 1 aliphatic heterocycles. The lowest BCUT2D eigenvalue weighted by Gasteiger charge is -2.22. The molecule has 2 nitrogen and oxygen atoms in total. The molecule has 2 unspecified atom stereocenters. The van der Waals surface area contributed by atoms with Crippen LogP contribution < -0.4 is 5.32 Å². The summed E-state index contributed by atoms with van der Waals surface area (Å²) in [6.45, 7) is 3.67. The van der Waals surface area contributed by atoms with Crippen molar-refractivity contribution in [2.24, 2.45) is 0 Å². The van der Waals surface area contributed by atoms with Crippen LogP contribution in [-0.4, -0.2) is 19.3 Å². The maximum absolute atomic E-state index is 13.9. The van der Waals surface area contributed by atoms with Gasteiger partial charge in [-0.25, -0.2) is 8.78 Å². The number of rotatable bonds is 6. The highest BCUT2D eigenvalue weighted by Crippen LogP contribution is 2.27. The molecule has 0 aliphatic carbocycles. The molecule has 2 atom stereocenters. The summed E-state index contributed by atoms with van der Waals surface area (Å²) >= 11 is 0. The zero-order valence-electron chi connectivity index (χ0n) is 11.3. The van der Waals surface area contributed by atoms with E-state index in [-0.39, 0.29) is 12.1 Å². The lowest BCUT2D eigenvalue weighted by molar-refractivity contribution is 0.0942. The molecule has 0 bridgehead atoms. The minimum Gasteiger partial charge on any atom is -0.378 e. The van der Waals surface area contributed by atoms with Crippen molar-refractivity contribution in [2.75, 3.05) is 13.2 Å². The molecule has 1 aliphatic rings. The van der Waals surface area contributed by atoms with Crippen molar-refractivity contribution in [3.63, 3.8) is 0 Å². The molecule has 0 radical (unpaired) electrons. The van der Waals surface area contributed by atoms with E-state index >= 15 is 0 Å². The third-order valence-corrected chi connectivity index (χ3v) is 3.50. The molecule has 106 valence electrons. The number of hydrogen-bond acceptors (Lipinski definition) is 2. The van der Waals surface area contributed by atoms with Gasteiger partial charge in [0.1, 0.15) is 11.6 Å². The van der Waals surface area contributed by atoms with E-state index in [0.717, 1.165) is 44.9 Å². The van der Waals surface area contributed by atoms with E-state index in [1.807, 2.05) is 0 Å². The molecule has 2 rings (SSSR count). The molecular weight excluding hydrogens is 248 g/mol. The number of halogens is 2. The third-order valence-electron chi connectivity index (χ3n) is 3.50. The fourth-order valence-electron chi connectivity index (χ4n) is 2.52. The summed E-state index contributed by atoms with van der Waals surface area (Å²) in [5, 5.41) is 3.33. The summed E-state index contributed by atoms with van der Waals surface area (Å²) in [5.74, 6) is -1.01. The Morgan fingerprint density at radius 1 is 1.42 bits per heavy atom. The average Bonchev–Trinajstić information content (AvgIpc) is 2.88. The van der Waals surface area contributed by atoms with E-state index in [4.69, 9.17) is 4.74 Å². The first kappa shape index (κ1) is 14.4. The molecule has 0 aromatic heterocycles. The molecule has 1 saturated heterocycles. The minimum absolute atomic E-state index is 0.108. The third kappa shape index (κ3) is 3.98. The van der Waals surface area contributed by atoms with Gasteiger partial charge in [-0.2, -0.15) is 0 Å². The van der Waals surface area contributed by atoms with E-state index in [1.54, 1.807) is 0 Å². The van der Waals surface area contributed by atoms with Crippen LogP contribution in [0.5, 0.6) is 0 Å². The van der Waals surface area contributed by atoms with Crippen LogP contribution in [0.3, 0.4) is 0 Å². The van der Waals surface area contributed by atoms with Crippen LogP contribution in [0.25, 0.3) is 0 Å². The monoisotopic (exact) mass is 269 g/mol. The fraction of sp³-hybridized carbons (Fsp3) is 0.600. The number of hydrogen-bond donors (Lipinski definition) is 1. The largest absolute Gasteiger partial charge is 0.378 e. The quantitative estimate of drug-likeness (QED) is 0.852. The van der Waals surface area contributed by atoms with Gasteiger partial charge in [0.25, 0.3) is 0 Å². The standard InChI is InChI=1S/C15H21F2NO/c1-2-7-18-15(10-12-4-3-8-19-12)13-6-5-11(16)9-14(13)17/h5-6,9,12,15,18H,2-4,7-8,10H2,1H3. The van der Waals surface area contributed by atoms with Crippen LogP contribution in [0.4, 0.5) is 8.78 Å². The van der Waals surface area contributed by atoms with E-state index in [1.165, 1.54) is 12.1 Å². The van der Waals surface area contributed by atoms with Crippen molar-refractivity contribution in [3.05, 3.63) is 35.4 Å². The SMILES string of the molecule is CCCNC(CC1CCCO1)c1ccc(F)cc1F. The number of nitrogens with one attached hydrogen (secondary N) is 1. The lowest BCUT2D eigenvalue weighted by atomic mass is 9.98. The Labute approximate surface area is 113 Å². The summed E-state index contributed by atoms with van der Waals surface area (Å²) in [6, 6.07) is 3.69. The maximum Gasteiger partial charge on any atom is 0.130 e. The van der Waals surface area contributed by atoms with Gasteiger partial charge in [-0.3, -0.25) is 0 Å². The Balaban J connectivity index is 2.10. The molecule has 19 heavy (non-hydrogen) atoms. The smallest absolute Gasteiger partial charge is 0.130 e. The summed E-state index contributed by atoms with van der Waals surface area (Å²) in [4.78, 5) is 0. The summed E-state index contributed by atoms with van der Waals surface area (Å²) in [5.41, 5.74) is 0.533. The first-order valence-corrected chi connectivity index (χ1v) is 7.00. The van der Waals surface area contributed by atoms with E-state index in [2.05, 4.69) is 12.2 Å². The zero-order chi connectivity index (χ0) is 13.7. The van der Waals surface area contributed by atoms with Crippen molar-refractivity contribution in [1.82, 2.24) is 5.32 Å². The van der Waals surface area contributed by atoms with Gasteiger partial charge in [-0.15, -0.1) is 0 Å². The molecule has 1 aromatic rings. The Morgan fingerprint density at radius 3 is 2.89 bits per heavy atom. The van der Waals surface area contributed by atoms with Crippen LogP contribution in [0, 0.1) is 11.6 Å². The predicted molar refractivity (Wildman–Crippen MR) is 71.0 cm³/mol. The van der Waals surface area contributed by atoms with E-state index < -0.39 is 11.6 Å². The van der Waals surface area contributed by atoms with Gasteiger partial charge in [0.15, 0.2) is 0 Å². The second-order valence-electron chi connectivity index (χ2n) is 5.04. The van der Waals surface area contributed by atoms with Gasteiger partial charge in [0, 0.05) is 24.3 Å². The Morgan fingerprint density at radius 2 is 2.26 bits per heavy atom.